The zero-order valence-electron chi connectivity index (χ0n) is 11.4. The van der Waals surface area contributed by atoms with Gasteiger partial charge in [-0.15, -0.1) is 11.3 Å². The molecule has 3 nitrogen and oxygen atoms in total. The van der Waals surface area contributed by atoms with Crippen molar-refractivity contribution in [2.75, 3.05) is 0 Å². The maximum Gasteiger partial charge on any atom is 0.195 e. The lowest BCUT2D eigenvalue weighted by Crippen LogP contribution is -1.98. The van der Waals surface area contributed by atoms with Gasteiger partial charge in [-0.05, 0) is 31.6 Å². The lowest BCUT2D eigenvalue weighted by atomic mass is 10.0. The van der Waals surface area contributed by atoms with Gasteiger partial charge in [0.25, 0.3) is 0 Å². The van der Waals surface area contributed by atoms with E-state index in [1.54, 1.807) is 11.3 Å². The summed E-state index contributed by atoms with van der Waals surface area (Å²) in [4.78, 5) is 1.29. The van der Waals surface area contributed by atoms with E-state index < -0.39 is 0 Å². The molecule has 0 aliphatic carbocycles. The molecule has 1 N–H and O–H groups in total. The first-order valence-corrected chi connectivity index (χ1v) is 7.80. The predicted octanol–water partition coefficient (Wildman–Crippen LogP) is 4.66. The largest absolute Gasteiger partial charge is 0.300 e. The van der Waals surface area contributed by atoms with E-state index in [4.69, 9.17) is 12.2 Å². The van der Waals surface area contributed by atoms with E-state index in [1.165, 1.54) is 16.0 Å². The minimum Gasteiger partial charge on any atom is -0.300 e. The van der Waals surface area contributed by atoms with Crippen LogP contribution in [-0.4, -0.2) is 14.8 Å². The zero-order chi connectivity index (χ0) is 14.1. The lowest BCUT2D eigenvalue weighted by molar-refractivity contribution is 0.756. The minimum atomic E-state index is 0.672. The van der Waals surface area contributed by atoms with Crippen LogP contribution in [0.3, 0.4) is 0 Å². The predicted molar refractivity (Wildman–Crippen MR) is 86.6 cm³/mol. The van der Waals surface area contributed by atoms with Crippen LogP contribution in [0.5, 0.6) is 0 Å². The van der Waals surface area contributed by atoms with E-state index in [2.05, 4.69) is 53.7 Å². The van der Waals surface area contributed by atoms with Crippen LogP contribution >= 0.6 is 23.6 Å². The van der Waals surface area contributed by atoms with Crippen molar-refractivity contribution in [3.8, 4) is 22.5 Å². The van der Waals surface area contributed by atoms with Crippen molar-refractivity contribution in [1.82, 2.24) is 14.8 Å². The van der Waals surface area contributed by atoms with Crippen LogP contribution in [-0.2, 0) is 6.54 Å². The Morgan fingerprint density at radius 3 is 2.75 bits per heavy atom. The fourth-order valence-corrected chi connectivity index (χ4v) is 3.52. The highest BCUT2D eigenvalue weighted by Crippen LogP contribution is 2.38. The molecule has 0 aliphatic rings. The van der Waals surface area contributed by atoms with Crippen LogP contribution in [0.4, 0.5) is 0 Å². The molecule has 0 aliphatic heterocycles. The highest BCUT2D eigenvalue weighted by atomic mass is 32.1. The van der Waals surface area contributed by atoms with E-state index in [1.807, 2.05) is 10.6 Å². The van der Waals surface area contributed by atoms with Crippen LogP contribution in [0, 0.1) is 11.7 Å². The first-order valence-electron chi connectivity index (χ1n) is 6.51. The second-order valence-electron chi connectivity index (χ2n) is 4.54. The maximum absolute atomic E-state index is 5.29. The molecule has 2 heterocycles. The summed E-state index contributed by atoms with van der Waals surface area (Å²) in [5.74, 6) is 0.917. The number of hydrogen-bond donors (Lipinski definition) is 1. The molecule has 102 valence electrons. The third-order valence-electron chi connectivity index (χ3n) is 3.35. The van der Waals surface area contributed by atoms with Gasteiger partial charge in [0.2, 0.25) is 0 Å². The molecule has 2 aromatic heterocycles. The number of aromatic amines is 1. The van der Waals surface area contributed by atoms with Gasteiger partial charge >= 0.3 is 0 Å². The van der Waals surface area contributed by atoms with Gasteiger partial charge in [0.05, 0.1) is 0 Å². The van der Waals surface area contributed by atoms with Gasteiger partial charge in [0.15, 0.2) is 10.6 Å². The number of benzene rings is 1. The number of aromatic nitrogens is 3. The summed E-state index contributed by atoms with van der Waals surface area (Å²) >= 11 is 7.03. The van der Waals surface area contributed by atoms with Crippen molar-refractivity contribution in [1.29, 1.82) is 0 Å². The van der Waals surface area contributed by atoms with Crippen LogP contribution < -0.4 is 0 Å². The summed E-state index contributed by atoms with van der Waals surface area (Å²) in [5, 5.41) is 9.47. The van der Waals surface area contributed by atoms with Crippen LogP contribution in [0.2, 0.25) is 0 Å². The fourth-order valence-electron chi connectivity index (χ4n) is 2.40. The molecular formula is C15H15N3S2. The molecule has 0 saturated heterocycles. The second kappa shape index (κ2) is 5.34. The van der Waals surface area contributed by atoms with Gasteiger partial charge in [0, 0.05) is 27.9 Å². The summed E-state index contributed by atoms with van der Waals surface area (Å²) in [6.45, 7) is 5.04. The number of nitrogens with one attached hydrogen (secondary N) is 1. The van der Waals surface area contributed by atoms with Crippen molar-refractivity contribution in [3.05, 3.63) is 45.4 Å². The molecule has 3 rings (SSSR count). The smallest absolute Gasteiger partial charge is 0.195 e. The molecule has 0 bridgehead atoms. The van der Waals surface area contributed by atoms with Crippen molar-refractivity contribution in [2.24, 2.45) is 0 Å². The molecule has 0 spiro atoms. The second-order valence-corrected chi connectivity index (χ2v) is 6.01. The maximum atomic E-state index is 5.29. The molecule has 0 unspecified atom stereocenters. The van der Waals surface area contributed by atoms with Crippen molar-refractivity contribution < 1.29 is 0 Å². The third-order valence-corrected chi connectivity index (χ3v) is 4.58. The normalized spacial score (nSPS) is 10.9. The quantitative estimate of drug-likeness (QED) is 0.714. The Hall–Kier alpha value is -1.72. The summed E-state index contributed by atoms with van der Waals surface area (Å²) < 4.78 is 2.70. The number of aryl methyl sites for hydroxylation is 1. The molecule has 1 aromatic carbocycles. The van der Waals surface area contributed by atoms with E-state index in [0.717, 1.165) is 17.9 Å². The monoisotopic (exact) mass is 301 g/mol. The number of rotatable bonds is 3. The molecule has 3 aromatic rings. The molecule has 0 radical (unpaired) electrons. The first kappa shape index (κ1) is 13.3. The molecule has 0 saturated carbocycles. The van der Waals surface area contributed by atoms with Crippen LogP contribution in [0.1, 0.15) is 11.8 Å². The van der Waals surface area contributed by atoms with Gasteiger partial charge in [-0.25, -0.2) is 0 Å². The molecule has 0 atom stereocenters. The number of H-pyrrole nitrogens is 1. The van der Waals surface area contributed by atoms with Gasteiger partial charge in [-0.3, -0.25) is 5.10 Å². The van der Waals surface area contributed by atoms with E-state index >= 15 is 0 Å². The van der Waals surface area contributed by atoms with Gasteiger partial charge in [0.1, 0.15) is 0 Å². The fraction of sp³-hybridized carbons (Fsp3) is 0.200. The zero-order valence-corrected chi connectivity index (χ0v) is 13.0. The standard InChI is InChI=1S/C15H15N3S2/c1-3-18-14(16-17-15(18)19)12-9-20-10(2)13(12)11-7-5-4-6-8-11/h4-9H,3H2,1-2H3,(H,17,19). The molecule has 0 fully saturated rings. The Bertz CT molecular complexity index is 781. The SMILES string of the molecule is CCn1c(-c2csc(C)c2-c2ccccc2)n[nH]c1=S. The third kappa shape index (κ3) is 2.13. The highest BCUT2D eigenvalue weighted by Gasteiger charge is 2.17. The average Bonchev–Trinajstić information content (AvgIpc) is 3.02. The Kier molecular flexibility index (Phi) is 3.54. The van der Waals surface area contributed by atoms with E-state index in [0.29, 0.717) is 4.77 Å². The van der Waals surface area contributed by atoms with E-state index in [9.17, 15) is 0 Å². The highest BCUT2D eigenvalue weighted by molar-refractivity contribution is 7.71. The molecular weight excluding hydrogens is 286 g/mol. The van der Waals surface area contributed by atoms with E-state index in [-0.39, 0.29) is 0 Å². The Balaban J connectivity index is 2.24. The van der Waals surface area contributed by atoms with Crippen LogP contribution in [0.15, 0.2) is 35.7 Å². The average molecular weight is 301 g/mol. The topological polar surface area (TPSA) is 33.6 Å². The van der Waals surface area contributed by atoms with Gasteiger partial charge < -0.3 is 4.57 Å². The number of hydrogen-bond acceptors (Lipinski definition) is 3. The van der Waals surface area contributed by atoms with Crippen molar-refractivity contribution in [2.45, 2.75) is 20.4 Å². The summed E-state index contributed by atoms with van der Waals surface area (Å²) in [5.41, 5.74) is 3.62. The Morgan fingerprint density at radius 1 is 1.30 bits per heavy atom. The Labute approximate surface area is 126 Å². The lowest BCUT2D eigenvalue weighted by Gasteiger charge is -2.07. The number of thiophene rings is 1. The Morgan fingerprint density at radius 2 is 2.05 bits per heavy atom. The minimum absolute atomic E-state index is 0.672. The summed E-state index contributed by atoms with van der Waals surface area (Å²) in [6, 6.07) is 10.4. The van der Waals surface area contributed by atoms with Crippen molar-refractivity contribution in [3.63, 3.8) is 0 Å². The van der Waals surface area contributed by atoms with Crippen molar-refractivity contribution >= 4 is 23.6 Å². The molecule has 0 amide bonds. The van der Waals surface area contributed by atoms with Gasteiger partial charge in [-0.2, -0.15) is 5.10 Å². The van der Waals surface area contributed by atoms with Gasteiger partial charge in [-0.1, -0.05) is 30.3 Å². The van der Waals surface area contributed by atoms with Crippen LogP contribution in [0.25, 0.3) is 22.5 Å². The first-order chi connectivity index (χ1) is 9.72. The summed E-state index contributed by atoms with van der Waals surface area (Å²) in [7, 11) is 0. The molecule has 20 heavy (non-hydrogen) atoms. The number of nitrogens with zero attached hydrogens (tertiary/aromatic N) is 2. The summed E-state index contributed by atoms with van der Waals surface area (Å²) in [6.07, 6.45) is 0. The molecule has 5 heteroatoms.